The molecule has 2 aromatic rings. The van der Waals surface area contributed by atoms with Crippen molar-refractivity contribution in [2.75, 3.05) is 14.2 Å². The van der Waals surface area contributed by atoms with Gasteiger partial charge in [-0.3, -0.25) is 0 Å². The molecule has 0 aliphatic heterocycles. The van der Waals surface area contributed by atoms with Gasteiger partial charge in [0.15, 0.2) is 0 Å². The molecule has 2 rings (SSSR count). The maximum absolute atomic E-state index is 11.8. The smallest absolute Gasteiger partial charge is 0.337 e. The fourth-order valence-electron chi connectivity index (χ4n) is 2.80. The Morgan fingerprint density at radius 1 is 0.680 bits per heavy atom. The van der Waals surface area contributed by atoms with Crippen LogP contribution in [0.1, 0.15) is 43.0 Å². The van der Waals surface area contributed by atoms with Crippen LogP contribution < -0.4 is 0 Å². The van der Waals surface area contributed by atoms with E-state index >= 15 is 0 Å². The van der Waals surface area contributed by atoms with Crippen molar-refractivity contribution < 1.29 is 19.1 Å². The molecule has 4 nitrogen and oxygen atoms in total. The van der Waals surface area contributed by atoms with Crippen molar-refractivity contribution in [3.63, 3.8) is 0 Å². The van der Waals surface area contributed by atoms with E-state index in [1.807, 2.05) is 52.0 Å². The number of rotatable bonds is 4. The van der Waals surface area contributed by atoms with Gasteiger partial charge in [-0.2, -0.15) is 0 Å². The van der Waals surface area contributed by atoms with E-state index in [1.165, 1.54) is 14.2 Å². The van der Waals surface area contributed by atoms with Gasteiger partial charge < -0.3 is 9.47 Å². The van der Waals surface area contributed by atoms with Gasteiger partial charge in [0.25, 0.3) is 0 Å². The summed E-state index contributed by atoms with van der Waals surface area (Å²) < 4.78 is 9.60. The fourth-order valence-corrected chi connectivity index (χ4v) is 3.88. The first kappa shape index (κ1) is 19.1. The molecule has 132 valence electrons. The molecule has 0 radical (unpaired) electrons. The second kappa shape index (κ2) is 7.74. The van der Waals surface area contributed by atoms with E-state index in [0.717, 1.165) is 32.0 Å². The van der Waals surface area contributed by atoms with Crippen molar-refractivity contribution in [3.05, 3.63) is 57.6 Å². The average Bonchev–Trinajstić information content (AvgIpc) is 2.57. The molecule has 0 aromatic heterocycles. The molecule has 0 fully saturated rings. The minimum atomic E-state index is -0.336. The first-order valence-electron chi connectivity index (χ1n) is 7.85. The maximum Gasteiger partial charge on any atom is 0.337 e. The van der Waals surface area contributed by atoms with Crippen molar-refractivity contribution in [1.29, 1.82) is 0 Å². The molecule has 0 bridgehead atoms. The lowest BCUT2D eigenvalue weighted by Gasteiger charge is -2.15. The maximum atomic E-state index is 11.8. The number of esters is 2. The summed E-state index contributed by atoms with van der Waals surface area (Å²) in [7, 11) is 2.76. The number of ether oxygens (including phenoxy) is 2. The predicted molar refractivity (Wildman–Crippen MR) is 98.6 cm³/mol. The van der Waals surface area contributed by atoms with Crippen molar-refractivity contribution in [1.82, 2.24) is 0 Å². The van der Waals surface area contributed by atoms with Gasteiger partial charge in [0.1, 0.15) is 0 Å². The molecule has 0 heterocycles. The van der Waals surface area contributed by atoms with Crippen LogP contribution in [-0.4, -0.2) is 26.2 Å². The van der Waals surface area contributed by atoms with Gasteiger partial charge in [0, 0.05) is 9.79 Å². The standard InChI is InChI=1S/C20H22O4S/c1-11-7-15(19(21)23-5)8-12(2)17(11)25-18-13(3)9-16(10-14(18)4)20(22)24-6/h7-10H,1-6H3. The van der Waals surface area contributed by atoms with E-state index in [0.29, 0.717) is 11.1 Å². The highest BCUT2D eigenvalue weighted by atomic mass is 32.2. The highest BCUT2D eigenvalue weighted by Crippen LogP contribution is 2.38. The van der Waals surface area contributed by atoms with E-state index in [-0.39, 0.29) is 11.9 Å². The Balaban J connectivity index is 2.43. The zero-order valence-electron chi connectivity index (χ0n) is 15.4. The van der Waals surface area contributed by atoms with Crippen LogP contribution in [0, 0.1) is 27.7 Å². The first-order valence-corrected chi connectivity index (χ1v) is 8.67. The first-order chi connectivity index (χ1) is 11.8. The van der Waals surface area contributed by atoms with E-state index in [9.17, 15) is 9.59 Å². The van der Waals surface area contributed by atoms with Crippen LogP contribution in [0.2, 0.25) is 0 Å². The molecule has 0 atom stereocenters. The molecule has 0 aliphatic carbocycles. The predicted octanol–water partition coefficient (Wildman–Crippen LogP) is 4.64. The molecule has 0 amide bonds. The summed E-state index contributed by atoms with van der Waals surface area (Å²) in [5, 5.41) is 0. The lowest BCUT2D eigenvalue weighted by molar-refractivity contribution is 0.0591. The topological polar surface area (TPSA) is 52.6 Å². The minimum Gasteiger partial charge on any atom is -0.465 e. The molecule has 25 heavy (non-hydrogen) atoms. The number of methoxy groups -OCH3 is 2. The third-order valence-corrected chi connectivity index (χ3v) is 5.66. The fraction of sp³-hybridized carbons (Fsp3) is 0.300. The molecule has 0 saturated heterocycles. The number of benzene rings is 2. The van der Waals surface area contributed by atoms with E-state index in [1.54, 1.807) is 11.8 Å². The molecule has 0 N–H and O–H groups in total. The number of carbonyl (C=O) groups excluding carboxylic acids is 2. The molecule has 0 aliphatic rings. The summed E-state index contributed by atoms with van der Waals surface area (Å²) in [5.74, 6) is -0.671. The third kappa shape index (κ3) is 4.04. The van der Waals surface area contributed by atoms with Crippen LogP contribution in [-0.2, 0) is 9.47 Å². The van der Waals surface area contributed by atoms with Crippen LogP contribution in [0.4, 0.5) is 0 Å². The van der Waals surface area contributed by atoms with Crippen molar-refractivity contribution in [2.45, 2.75) is 37.5 Å². The van der Waals surface area contributed by atoms with Crippen LogP contribution >= 0.6 is 11.8 Å². The molecular weight excluding hydrogens is 336 g/mol. The number of aryl methyl sites for hydroxylation is 4. The Labute approximate surface area is 152 Å². The number of hydrogen-bond acceptors (Lipinski definition) is 5. The summed E-state index contributed by atoms with van der Waals surface area (Å²) >= 11 is 1.65. The molecule has 0 spiro atoms. The second-order valence-electron chi connectivity index (χ2n) is 5.96. The Morgan fingerprint density at radius 3 is 1.20 bits per heavy atom. The van der Waals surface area contributed by atoms with Gasteiger partial charge in [-0.15, -0.1) is 0 Å². The summed E-state index contributed by atoms with van der Waals surface area (Å²) in [6.45, 7) is 7.93. The lowest BCUT2D eigenvalue weighted by Crippen LogP contribution is -2.04. The lowest BCUT2D eigenvalue weighted by atomic mass is 10.1. The molecule has 0 saturated carbocycles. The van der Waals surface area contributed by atoms with Gasteiger partial charge in [-0.05, 0) is 74.2 Å². The zero-order chi connectivity index (χ0) is 18.7. The molecular formula is C20H22O4S. The zero-order valence-corrected chi connectivity index (χ0v) is 16.2. The molecule has 0 unspecified atom stereocenters. The van der Waals surface area contributed by atoms with Crippen molar-refractivity contribution in [3.8, 4) is 0 Å². The highest BCUT2D eigenvalue weighted by Gasteiger charge is 2.16. The minimum absolute atomic E-state index is 0.336. The highest BCUT2D eigenvalue weighted by molar-refractivity contribution is 7.99. The number of carbonyl (C=O) groups is 2. The van der Waals surface area contributed by atoms with Gasteiger partial charge >= 0.3 is 11.9 Å². The summed E-state index contributed by atoms with van der Waals surface area (Å²) in [4.78, 5) is 25.7. The van der Waals surface area contributed by atoms with Gasteiger partial charge in [-0.25, -0.2) is 9.59 Å². The van der Waals surface area contributed by atoms with Crippen molar-refractivity contribution in [2.24, 2.45) is 0 Å². The molecule has 5 heteroatoms. The monoisotopic (exact) mass is 358 g/mol. The van der Waals surface area contributed by atoms with Crippen LogP contribution in [0.5, 0.6) is 0 Å². The Hall–Kier alpha value is -2.27. The van der Waals surface area contributed by atoms with Gasteiger partial charge in [-0.1, -0.05) is 11.8 Å². The SMILES string of the molecule is COC(=O)c1cc(C)c(Sc2c(C)cc(C(=O)OC)cc2C)c(C)c1. The van der Waals surface area contributed by atoms with E-state index < -0.39 is 0 Å². The summed E-state index contributed by atoms with van der Waals surface area (Å²) in [5.41, 5.74) is 5.16. The van der Waals surface area contributed by atoms with Crippen molar-refractivity contribution >= 4 is 23.7 Å². The normalized spacial score (nSPS) is 10.5. The van der Waals surface area contributed by atoms with Gasteiger partial charge in [0.05, 0.1) is 25.3 Å². The summed E-state index contributed by atoms with van der Waals surface area (Å²) in [6, 6.07) is 7.37. The van der Waals surface area contributed by atoms with E-state index in [2.05, 4.69) is 0 Å². The second-order valence-corrected chi connectivity index (χ2v) is 6.98. The Bertz CT molecular complexity index is 724. The Kier molecular flexibility index (Phi) is 5.90. The molecule has 2 aromatic carbocycles. The largest absolute Gasteiger partial charge is 0.465 e. The van der Waals surface area contributed by atoms with Crippen LogP contribution in [0.15, 0.2) is 34.1 Å². The van der Waals surface area contributed by atoms with Crippen LogP contribution in [0.25, 0.3) is 0 Å². The average molecular weight is 358 g/mol. The summed E-state index contributed by atoms with van der Waals surface area (Å²) in [6.07, 6.45) is 0. The van der Waals surface area contributed by atoms with Gasteiger partial charge in [0.2, 0.25) is 0 Å². The third-order valence-electron chi connectivity index (χ3n) is 3.97. The van der Waals surface area contributed by atoms with Crippen LogP contribution in [0.3, 0.4) is 0 Å². The van der Waals surface area contributed by atoms with E-state index in [4.69, 9.17) is 9.47 Å². The quantitative estimate of drug-likeness (QED) is 0.745. The Morgan fingerprint density at radius 2 is 0.960 bits per heavy atom. The number of hydrogen-bond donors (Lipinski definition) is 0.